The van der Waals surface area contributed by atoms with Crippen LogP contribution in [0, 0.1) is 11.3 Å². The first-order valence-corrected chi connectivity index (χ1v) is 7.77. The van der Waals surface area contributed by atoms with E-state index in [-0.39, 0.29) is 0 Å². The van der Waals surface area contributed by atoms with Crippen LogP contribution in [0.15, 0.2) is 36.5 Å². The fourth-order valence-electron chi connectivity index (χ4n) is 3.03. The number of aryl methyl sites for hydroxylation is 1. The lowest BCUT2D eigenvalue weighted by molar-refractivity contribution is 0.415. The Morgan fingerprint density at radius 2 is 2.04 bits per heavy atom. The van der Waals surface area contributed by atoms with Gasteiger partial charge in [0.25, 0.3) is 0 Å². The molecule has 0 amide bonds. The minimum Gasteiger partial charge on any atom is -0.497 e. The normalized spacial score (nSPS) is 11.0. The Bertz CT molecular complexity index is 1150. The van der Waals surface area contributed by atoms with Crippen LogP contribution in [0.4, 0.5) is 5.82 Å². The molecule has 0 unspecified atom stereocenters. The third-order valence-electron chi connectivity index (χ3n) is 4.29. The topological polar surface area (TPSA) is 80.2 Å². The van der Waals surface area contributed by atoms with E-state index in [9.17, 15) is 0 Å². The summed E-state index contributed by atoms with van der Waals surface area (Å²) in [5.41, 5.74) is 3.83. The predicted molar refractivity (Wildman–Crippen MR) is 95.7 cm³/mol. The Labute approximate surface area is 144 Å². The maximum Gasteiger partial charge on any atom is 0.163 e. The monoisotopic (exact) mass is 332 g/mol. The van der Waals surface area contributed by atoms with Crippen LogP contribution in [-0.4, -0.2) is 33.1 Å². The minimum atomic E-state index is 0.571. The van der Waals surface area contributed by atoms with E-state index in [4.69, 9.17) is 20.0 Å². The van der Waals surface area contributed by atoms with Gasteiger partial charge < -0.3 is 14.6 Å². The van der Waals surface area contributed by atoms with Gasteiger partial charge in [0.2, 0.25) is 0 Å². The number of fused-ring (bicyclic) bond motifs is 2. The highest BCUT2D eigenvalue weighted by molar-refractivity contribution is 5.84. The van der Waals surface area contributed by atoms with Crippen molar-refractivity contribution in [1.29, 1.82) is 5.26 Å². The summed E-state index contributed by atoms with van der Waals surface area (Å²) >= 11 is 0. The second kappa shape index (κ2) is 5.53. The molecule has 3 aromatic heterocycles. The van der Waals surface area contributed by atoms with Crippen LogP contribution in [-0.2, 0) is 7.05 Å². The minimum absolute atomic E-state index is 0.571. The number of nitriles is 1. The maximum atomic E-state index is 9.11. The highest BCUT2D eigenvalue weighted by Crippen LogP contribution is 2.31. The van der Waals surface area contributed by atoms with E-state index in [1.54, 1.807) is 19.2 Å². The van der Waals surface area contributed by atoms with Crippen LogP contribution < -0.4 is 10.1 Å². The summed E-state index contributed by atoms with van der Waals surface area (Å²) in [6, 6.07) is 11.5. The molecule has 0 aliphatic heterocycles. The SMILES string of the molecule is CNc1c(-c2nc3cc(OC)ccc3n2C)nc2cc(C#N)ccn12. The van der Waals surface area contributed by atoms with Crippen LogP contribution in [0.2, 0.25) is 0 Å². The van der Waals surface area contributed by atoms with E-state index in [0.717, 1.165) is 34.1 Å². The molecule has 1 aromatic carbocycles. The Kier molecular flexibility index (Phi) is 3.32. The molecule has 0 saturated heterocycles. The summed E-state index contributed by atoms with van der Waals surface area (Å²) in [5.74, 6) is 2.33. The van der Waals surface area contributed by atoms with Gasteiger partial charge in [0.1, 0.15) is 22.9 Å². The molecular weight excluding hydrogens is 316 g/mol. The molecule has 0 aliphatic rings. The van der Waals surface area contributed by atoms with Gasteiger partial charge in [-0.2, -0.15) is 5.26 Å². The lowest BCUT2D eigenvalue weighted by atomic mass is 10.3. The van der Waals surface area contributed by atoms with Crippen molar-refractivity contribution in [2.45, 2.75) is 0 Å². The molecule has 3 heterocycles. The molecular formula is C18H16N6O. The molecule has 0 spiro atoms. The zero-order valence-electron chi connectivity index (χ0n) is 14.1. The molecule has 0 saturated carbocycles. The fraction of sp³-hybridized carbons (Fsp3) is 0.167. The van der Waals surface area contributed by atoms with Gasteiger partial charge in [-0.3, -0.25) is 4.40 Å². The zero-order chi connectivity index (χ0) is 17.6. The molecule has 0 fully saturated rings. The number of hydrogen-bond donors (Lipinski definition) is 1. The van der Waals surface area contributed by atoms with Gasteiger partial charge in [0.15, 0.2) is 5.82 Å². The first kappa shape index (κ1) is 15.0. The Balaban J connectivity index is 1.99. The maximum absolute atomic E-state index is 9.11. The molecule has 124 valence electrons. The molecule has 0 atom stereocenters. The number of rotatable bonds is 3. The van der Waals surface area contributed by atoms with Gasteiger partial charge in [-0.25, -0.2) is 9.97 Å². The summed E-state index contributed by atoms with van der Waals surface area (Å²) in [6.07, 6.45) is 1.84. The predicted octanol–water partition coefficient (Wildman–Crippen LogP) is 2.81. The van der Waals surface area contributed by atoms with E-state index in [0.29, 0.717) is 11.2 Å². The molecule has 0 bridgehead atoms. The van der Waals surface area contributed by atoms with Gasteiger partial charge in [-0.1, -0.05) is 0 Å². The number of pyridine rings is 1. The van der Waals surface area contributed by atoms with E-state index >= 15 is 0 Å². The Morgan fingerprint density at radius 3 is 2.76 bits per heavy atom. The number of nitrogens with zero attached hydrogens (tertiary/aromatic N) is 5. The quantitative estimate of drug-likeness (QED) is 0.624. The summed E-state index contributed by atoms with van der Waals surface area (Å²) < 4.78 is 9.20. The summed E-state index contributed by atoms with van der Waals surface area (Å²) in [4.78, 5) is 9.44. The second-order valence-corrected chi connectivity index (χ2v) is 5.66. The largest absolute Gasteiger partial charge is 0.497 e. The van der Waals surface area contributed by atoms with E-state index in [2.05, 4.69) is 11.4 Å². The second-order valence-electron chi connectivity index (χ2n) is 5.66. The van der Waals surface area contributed by atoms with Crippen LogP contribution in [0.1, 0.15) is 5.56 Å². The number of nitrogens with one attached hydrogen (secondary N) is 1. The number of hydrogen-bond acceptors (Lipinski definition) is 5. The van der Waals surface area contributed by atoms with E-state index in [1.165, 1.54) is 0 Å². The summed E-state index contributed by atoms with van der Waals surface area (Å²) in [7, 11) is 5.44. The average molecular weight is 332 g/mol. The number of anilines is 1. The third-order valence-corrected chi connectivity index (χ3v) is 4.29. The number of methoxy groups -OCH3 is 1. The molecule has 1 N–H and O–H groups in total. The van der Waals surface area contributed by atoms with Crippen molar-refractivity contribution in [2.24, 2.45) is 7.05 Å². The Hall–Kier alpha value is -3.53. The molecule has 4 rings (SSSR count). The van der Waals surface area contributed by atoms with E-state index < -0.39 is 0 Å². The van der Waals surface area contributed by atoms with Crippen LogP contribution in [0.3, 0.4) is 0 Å². The first-order chi connectivity index (χ1) is 12.2. The van der Waals surface area contributed by atoms with Crippen molar-refractivity contribution >= 4 is 22.5 Å². The smallest absolute Gasteiger partial charge is 0.163 e. The standard InChI is InChI=1S/C18H16N6O/c1-20-17-16(22-15-8-11(10-19)6-7-24(15)17)18-21-13-9-12(25-3)4-5-14(13)23(18)2/h4-9,20H,1-3H3. The number of imidazole rings is 2. The lowest BCUT2D eigenvalue weighted by Crippen LogP contribution is -1.99. The first-order valence-electron chi connectivity index (χ1n) is 7.77. The van der Waals surface area contributed by atoms with Gasteiger partial charge >= 0.3 is 0 Å². The number of benzene rings is 1. The van der Waals surface area contributed by atoms with Crippen LogP contribution in [0.25, 0.3) is 28.2 Å². The summed E-state index contributed by atoms with van der Waals surface area (Å²) in [6.45, 7) is 0. The van der Waals surface area contributed by atoms with Crippen molar-refractivity contribution in [3.63, 3.8) is 0 Å². The van der Waals surface area contributed by atoms with Crippen molar-refractivity contribution in [1.82, 2.24) is 18.9 Å². The lowest BCUT2D eigenvalue weighted by Gasteiger charge is -2.04. The highest BCUT2D eigenvalue weighted by Gasteiger charge is 2.19. The molecule has 7 heteroatoms. The summed E-state index contributed by atoms with van der Waals surface area (Å²) in [5, 5.41) is 12.3. The molecule has 0 aliphatic carbocycles. The Morgan fingerprint density at radius 1 is 1.20 bits per heavy atom. The average Bonchev–Trinajstić information content (AvgIpc) is 3.17. The number of ether oxygens (including phenoxy) is 1. The van der Waals surface area contributed by atoms with Crippen molar-refractivity contribution < 1.29 is 4.74 Å². The number of aromatic nitrogens is 4. The van der Waals surface area contributed by atoms with Crippen LogP contribution in [0.5, 0.6) is 5.75 Å². The van der Waals surface area contributed by atoms with Gasteiger partial charge in [-0.05, 0) is 24.3 Å². The fourth-order valence-corrected chi connectivity index (χ4v) is 3.03. The van der Waals surface area contributed by atoms with Crippen molar-refractivity contribution in [3.05, 3.63) is 42.1 Å². The van der Waals surface area contributed by atoms with Crippen molar-refractivity contribution in [2.75, 3.05) is 19.5 Å². The highest BCUT2D eigenvalue weighted by atomic mass is 16.5. The molecule has 7 nitrogen and oxygen atoms in total. The van der Waals surface area contributed by atoms with Gasteiger partial charge in [0.05, 0.1) is 29.8 Å². The molecule has 0 radical (unpaired) electrons. The van der Waals surface area contributed by atoms with Gasteiger partial charge in [0, 0.05) is 26.4 Å². The molecule has 25 heavy (non-hydrogen) atoms. The third kappa shape index (κ3) is 2.19. The van der Waals surface area contributed by atoms with Crippen molar-refractivity contribution in [3.8, 4) is 23.3 Å². The molecule has 4 aromatic rings. The van der Waals surface area contributed by atoms with E-state index in [1.807, 2.05) is 47.5 Å². The zero-order valence-corrected chi connectivity index (χ0v) is 14.1. The van der Waals surface area contributed by atoms with Crippen LogP contribution >= 0.6 is 0 Å². The van der Waals surface area contributed by atoms with Gasteiger partial charge in [-0.15, -0.1) is 0 Å².